The highest BCUT2D eigenvalue weighted by Crippen LogP contribution is 2.21. The Morgan fingerprint density at radius 2 is 1.70 bits per heavy atom. The summed E-state index contributed by atoms with van der Waals surface area (Å²) in [5, 5.41) is 3.81. The van der Waals surface area contributed by atoms with Gasteiger partial charge < -0.3 is 15.1 Å². The summed E-state index contributed by atoms with van der Waals surface area (Å²) in [5.41, 5.74) is 0.607. The van der Waals surface area contributed by atoms with Gasteiger partial charge in [0.05, 0.1) is 5.92 Å². The zero-order valence-corrected chi connectivity index (χ0v) is 17.6. The van der Waals surface area contributed by atoms with Crippen LogP contribution in [0.25, 0.3) is 0 Å². The molecule has 8 heteroatoms. The number of hydrogen-bond donors (Lipinski definition) is 1. The van der Waals surface area contributed by atoms with E-state index in [2.05, 4.69) is 20.2 Å². The lowest BCUT2D eigenvalue weighted by Gasteiger charge is -2.35. The SMILES string of the molecule is O=C(NC1CCN(c2ncccn2)CC1)C1CCCN(C(=O)c2ccc(Cl)cc2)C1. The molecule has 0 spiro atoms. The first-order chi connectivity index (χ1) is 14.6. The highest BCUT2D eigenvalue weighted by atomic mass is 35.5. The smallest absolute Gasteiger partial charge is 0.253 e. The van der Waals surface area contributed by atoms with Crippen LogP contribution in [0.4, 0.5) is 5.95 Å². The number of nitrogens with one attached hydrogen (secondary N) is 1. The summed E-state index contributed by atoms with van der Waals surface area (Å²) in [6.45, 7) is 2.78. The van der Waals surface area contributed by atoms with Crippen LogP contribution >= 0.6 is 11.6 Å². The number of amides is 2. The number of carbonyl (C=O) groups excluding carboxylic acids is 2. The van der Waals surface area contributed by atoms with E-state index in [4.69, 9.17) is 11.6 Å². The fourth-order valence-corrected chi connectivity index (χ4v) is 4.27. The van der Waals surface area contributed by atoms with Crippen molar-refractivity contribution in [3.63, 3.8) is 0 Å². The van der Waals surface area contributed by atoms with Crippen molar-refractivity contribution in [2.75, 3.05) is 31.1 Å². The average Bonchev–Trinajstić information content (AvgIpc) is 2.80. The van der Waals surface area contributed by atoms with Crippen molar-refractivity contribution in [1.82, 2.24) is 20.2 Å². The molecular formula is C22H26ClN5O2. The van der Waals surface area contributed by atoms with Gasteiger partial charge in [-0.05, 0) is 56.0 Å². The van der Waals surface area contributed by atoms with E-state index in [0.29, 0.717) is 23.7 Å². The quantitative estimate of drug-likeness (QED) is 0.811. The van der Waals surface area contributed by atoms with Crippen molar-refractivity contribution in [2.45, 2.75) is 31.7 Å². The number of hydrogen-bond acceptors (Lipinski definition) is 5. The van der Waals surface area contributed by atoms with E-state index in [1.807, 2.05) is 6.07 Å². The van der Waals surface area contributed by atoms with Crippen LogP contribution < -0.4 is 10.2 Å². The topological polar surface area (TPSA) is 78.4 Å². The standard InChI is InChI=1S/C22H26ClN5O2/c23-18-6-4-16(5-7-18)21(30)28-12-1-3-17(15-28)20(29)26-19-8-13-27(14-9-19)22-24-10-2-11-25-22/h2,4-7,10-11,17,19H,1,3,8-9,12-15H2,(H,26,29). The van der Waals surface area contributed by atoms with Crippen molar-refractivity contribution in [1.29, 1.82) is 0 Å². The van der Waals surface area contributed by atoms with Crippen molar-refractivity contribution in [3.8, 4) is 0 Å². The van der Waals surface area contributed by atoms with Gasteiger partial charge in [0, 0.05) is 55.2 Å². The van der Waals surface area contributed by atoms with Crippen molar-refractivity contribution in [2.24, 2.45) is 5.92 Å². The molecule has 1 aromatic carbocycles. The minimum Gasteiger partial charge on any atom is -0.353 e. The maximum atomic E-state index is 12.9. The Labute approximate surface area is 181 Å². The van der Waals surface area contributed by atoms with Crippen LogP contribution in [0.5, 0.6) is 0 Å². The van der Waals surface area contributed by atoms with Gasteiger partial charge in [0.25, 0.3) is 5.91 Å². The number of anilines is 1. The molecule has 7 nitrogen and oxygen atoms in total. The molecule has 0 radical (unpaired) electrons. The molecule has 158 valence electrons. The van der Waals surface area contributed by atoms with E-state index >= 15 is 0 Å². The molecule has 1 aromatic heterocycles. The first kappa shape index (κ1) is 20.6. The number of benzene rings is 1. The highest BCUT2D eigenvalue weighted by molar-refractivity contribution is 6.30. The van der Waals surface area contributed by atoms with E-state index in [0.717, 1.165) is 44.7 Å². The Balaban J connectivity index is 1.28. The molecule has 0 aliphatic carbocycles. The van der Waals surface area contributed by atoms with Gasteiger partial charge in [-0.2, -0.15) is 0 Å². The number of rotatable bonds is 4. The van der Waals surface area contributed by atoms with Gasteiger partial charge in [-0.3, -0.25) is 9.59 Å². The Bertz CT molecular complexity index is 869. The largest absolute Gasteiger partial charge is 0.353 e. The molecule has 4 rings (SSSR count). The molecule has 2 amide bonds. The minimum atomic E-state index is -0.162. The Morgan fingerprint density at radius 3 is 2.40 bits per heavy atom. The zero-order chi connectivity index (χ0) is 20.9. The molecule has 1 unspecified atom stereocenters. The average molecular weight is 428 g/mol. The number of nitrogens with zero attached hydrogens (tertiary/aromatic N) is 4. The van der Waals surface area contributed by atoms with Crippen LogP contribution in [-0.4, -0.2) is 58.9 Å². The fourth-order valence-electron chi connectivity index (χ4n) is 4.15. The summed E-state index contributed by atoms with van der Waals surface area (Å²) in [7, 11) is 0. The highest BCUT2D eigenvalue weighted by Gasteiger charge is 2.31. The number of piperidine rings is 2. The van der Waals surface area contributed by atoms with E-state index in [-0.39, 0.29) is 23.8 Å². The summed E-state index contributed by atoms with van der Waals surface area (Å²) in [6, 6.07) is 8.87. The third-order valence-electron chi connectivity index (χ3n) is 5.85. The normalized spacial score (nSPS) is 20.1. The van der Waals surface area contributed by atoms with Crippen LogP contribution in [0.2, 0.25) is 5.02 Å². The predicted molar refractivity (Wildman–Crippen MR) is 115 cm³/mol. The molecular weight excluding hydrogens is 402 g/mol. The zero-order valence-electron chi connectivity index (χ0n) is 16.8. The first-order valence-corrected chi connectivity index (χ1v) is 10.8. The Hall–Kier alpha value is -2.67. The molecule has 2 saturated heterocycles. The van der Waals surface area contributed by atoms with Crippen LogP contribution in [-0.2, 0) is 4.79 Å². The van der Waals surface area contributed by atoms with E-state index < -0.39 is 0 Å². The van der Waals surface area contributed by atoms with Gasteiger partial charge in [-0.25, -0.2) is 9.97 Å². The second-order valence-corrected chi connectivity index (χ2v) is 8.35. The molecule has 0 saturated carbocycles. The molecule has 2 aromatic rings. The second-order valence-electron chi connectivity index (χ2n) is 7.92. The molecule has 2 fully saturated rings. The van der Waals surface area contributed by atoms with Crippen molar-refractivity contribution in [3.05, 3.63) is 53.3 Å². The van der Waals surface area contributed by atoms with Gasteiger partial charge in [0.15, 0.2) is 0 Å². The summed E-state index contributed by atoms with van der Waals surface area (Å²) < 4.78 is 0. The Morgan fingerprint density at radius 1 is 1.00 bits per heavy atom. The van der Waals surface area contributed by atoms with E-state index in [1.165, 1.54) is 0 Å². The summed E-state index contributed by atoms with van der Waals surface area (Å²) >= 11 is 5.92. The number of aromatic nitrogens is 2. The third kappa shape index (κ3) is 4.90. The lowest BCUT2D eigenvalue weighted by Crippen LogP contribution is -2.50. The van der Waals surface area contributed by atoms with Gasteiger partial charge in [0.1, 0.15) is 0 Å². The molecule has 3 heterocycles. The van der Waals surface area contributed by atoms with Gasteiger partial charge in [-0.15, -0.1) is 0 Å². The van der Waals surface area contributed by atoms with Crippen LogP contribution in [0.3, 0.4) is 0 Å². The summed E-state index contributed by atoms with van der Waals surface area (Å²) in [5.74, 6) is 0.592. The number of carbonyl (C=O) groups is 2. The monoisotopic (exact) mass is 427 g/mol. The van der Waals surface area contributed by atoms with Gasteiger partial charge >= 0.3 is 0 Å². The lowest BCUT2D eigenvalue weighted by atomic mass is 9.95. The molecule has 1 N–H and O–H groups in total. The van der Waals surface area contributed by atoms with Crippen LogP contribution in [0.1, 0.15) is 36.0 Å². The van der Waals surface area contributed by atoms with E-state index in [1.54, 1.807) is 41.6 Å². The minimum absolute atomic E-state index is 0.0414. The first-order valence-electron chi connectivity index (χ1n) is 10.5. The lowest BCUT2D eigenvalue weighted by molar-refractivity contribution is -0.127. The number of likely N-dealkylation sites (tertiary alicyclic amines) is 1. The molecule has 0 bridgehead atoms. The van der Waals surface area contributed by atoms with Gasteiger partial charge in [-0.1, -0.05) is 11.6 Å². The van der Waals surface area contributed by atoms with E-state index in [9.17, 15) is 9.59 Å². The summed E-state index contributed by atoms with van der Waals surface area (Å²) in [4.78, 5) is 38.2. The number of halogens is 1. The van der Waals surface area contributed by atoms with Crippen molar-refractivity contribution >= 4 is 29.4 Å². The molecule has 1 atom stereocenters. The Kier molecular flexibility index (Phi) is 6.47. The maximum Gasteiger partial charge on any atom is 0.253 e. The summed E-state index contributed by atoms with van der Waals surface area (Å²) in [6.07, 6.45) is 6.87. The van der Waals surface area contributed by atoms with Crippen molar-refractivity contribution < 1.29 is 9.59 Å². The van der Waals surface area contributed by atoms with Crippen LogP contribution in [0, 0.1) is 5.92 Å². The predicted octanol–water partition coefficient (Wildman–Crippen LogP) is 2.77. The molecule has 2 aliphatic rings. The third-order valence-corrected chi connectivity index (χ3v) is 6.10. The van der Waals surface area contributed by atoms with Crippen LogP contribution in [0.15, 0.2) is 42.7 Å². The maximum absolute atomic E-state index is 12.9. The molecule has 2 aliphatic heterocycles. The second kappa shape index (κ2) is 9.43. The molecule has 30 heavy (non-hydrogen) atoms. The van der Waals surface area contributed by atoms with Gasteiger partial charge in [0.2, 0.25) is 11.9 Å². The fraction of sp³-hybridized carbons (Fsp3) is 0.455.